The molecule has 1 aromatic heterocycles. The number of aliphatic carboxylic acids is 1. The summed E-state index contributed by atoms with van der Waals surface area (Å²) in [5, 5.41) is 18.4. The second-order valence-electron chi connectivity index (χ2n) is 4.84. The van der Waals surface area contributed by atoms with Gasteiger partial charge in [0, 0.05) is 6.54 Å². The quantitative estimate of drug-likeness (QED) is 0.829. The lowest BCUT2D eigenvalue weighted by atomic mass is 10.1. The Bertz CT molecular complexity index is 535. The van der Waals surface area contributed by atoms with Gasteiger partial charge in [-0.2, -0.15) is 5.26 Å². The van der Waals surface area contributed by atoms with Crippen molar-refractivity contribution >= 4 is 5.97 Å². The Morgan fingerprint density at radius 1 is 1.47 bits per heavy atom. The summed E-state index contributed by atoms with van der Waals surface area (Å²) >= 11 is 0. The maximum Gasteiger partial charge on any atom is 0.317 e. The summed E-state index contributed by atoms with van der Waals surface area (Å²) in [4.78, 5) is 15.6. The van der Waals surface area contributed by atoms with Crippen LogP contribution in [-0.4, -0.2) is 20.6 Å². The Hall–Kier alpha value is -1.83. The van der Waals surface area contributed by atoms with Crippen molar-refractivity contribution in [1.82, 2.24) is 9.55 Å². The van der Waals surface area contributed by atoms with Crippen LogP contribution in [-0.2, 0) is 23.2 Å². The highest BCUT2D eigenvalue weighted by Crippen LogP contribution is 2.48. The molecular formula is C12H13N3O2. The highest BCUT2D eigenvalue weighted by molar-refractivity contribution is 5.83. The Kier molecular flexibility index (Phi) is 2.02. The molecule has 88 valence electrons. The first kappa shape index (κ1) is 10.3. The first-order valence-corrected chi connectivity index (χ1v) is 5.92. The van der Waals surface area contributed by atoms with Crippen molar-refractivity contribution in [3.05, 3.63) is 17.2 Å². The second-order valence-corrected chi connectivity index (χ2v) is 4.84. The Morgan fingerprint density at radius 3 is 2.82 bits per heavy atom. The summed E-state index contributed by atoms with van der Waals surface area (Å²) in [5.74, 6) is -0.198. The number of nitriles is 1. The Morgan fingerprint density at radius 2 is 2.24 bits per heavy atom. The molecule has 1 N–H and O–H groups in total. The van der Waals surface area contributed by atoms with Crippen LogP contribution in [0.25, 0.3) is 0 Å². The lowest BCUT2D eigenvalue weighted by molar-refractivity contribution is -0.140. The molecular weight excluding hydrogens is 218 g/mol. The topological polar surface area (TPSA) is 78.9 Å². The van der Waals surface area contributed by atoms with Gasteiger partial charge in [-0.1, -0.05) is 0 Å². The monoisotopic (exact) mass is 231 g/mol. The number of imidazole rings is 1. The number of rotatable bonds is 2. The van der Waals surface area contributed by atoms with Gasteiger partial charge in [-0.25, -0.2) is 4.98 Å². The number of hydrogen-bond donors (Lipinski definition) is 1. The molecule has 5 heteroatoms. The van der Waals surface area contributed by atoms with Gasteiger partial charge in [0.25, 0.3) is 0 Å². The minimum Gasteiger partial charge on any atom is -0.480 e. The standard InChI is InChI=1S/C12H13N3O2/c13-7-8-9-3-1-2-6-15(9)10(14-8)12(4-5-12)11(16)17/h1-6H2,(H,16,17). The van der Waals surface area contributed by atoms with Crippen LogP contribution in [0.2, 0.25) is 0 Å². The summed E-state index contributed by atoms with van der Waals surface area (Å²) in [7, 11) is 0. The molecule has 0 saturated heterocycles. The molecule has 2 heterocycles. The highest BCUT2D eigenvalue weighted by atomic mass is 16.4. The minimum absolute atomic E-state index is 0.423. The van der Waals surface area contributed by atoms with Gasteiger partial charge in [0.05, 0.1) is 5.69 Å². The smallest absolute Gasteiger partial charge is 0.317 e. The van der Waals surface area contributed by atoms with Gasteiger partial charge in [0.15, 0.2) is 5.69 Å². The predicted molar refractivity (Wildman–Crippen MR) is 58.4 cm³/mol. The van der Waals surface area contributed by atoms with E-state index >= 15 is 0 Å². The van der Waals surface area contributed by atoms with Gasteiger partial charge in [0.2, 0.25) is 0 Å². The molecule has 1 fully saturated rings. The number of carbonyl (C=O) groups is 1. The van der Waals surface area contributed by atoms with E-state index in [1.807, 2.05) is 4.57 Å². The van der Waals surface area contributed by atoms with Crippen LogP contribution >= 0.6 is 0 Å². The molecule has 0 amide bonds. The van der Waals surface area contributed by atoms with Crippen molar-refractivity contribution in [3.63, 3.8) is 0 Å². The van der Waals surface area contributed by atoms with Gasteiger partial charge >= 0.3 is 5.97 Å². The molecule has 0 aromatic carbocycles. The van der Waals surface area contributed by atoms with Crippen molar-refractivity contribution in [2.45, 2.75) is 44.1 Å². The Balaban J connectivity index is 2.15. The molecule has 1 saturated carbocycles. The number of fused-ring (bicyclic) bond motifs is 1. The maximum absolute atomic E-state index is 11.3. The van der Waals surface area contributed by atoms with E-state index in [1.54, 1.807) is 0 Å². The zero-order valence-electron chi connectivity index (χ0n) is 9.44. The van der Waals surface area contributed by atoms with Crippen LogP contribution in [0.5, 0.6) is 0 Å². The number of carboxylic acid groups (broad SMARTS) is 1. The van der Waals surface area contributed by atoms with E-state index in [-0.39, 0.29) is 0 Å². The average Bonchev–Trinajstić information content (AvgIpc) is 3.06. The summed E-state index contributed by atoms with van der Waals surface area (Å²) in [6.07, 6.45) is 4.22. The first-order valence-electron chi connectivity index (χ1n) is 5.92. The van der Waals surface area contributed by atoms with Gasteiger partial charge in [-0.05, 0) is 32.1 Å². The van der Waals surface area contributed by atoms with Crippen molar-refractivity contribution < 1.29 is 9.90 Å². The Labute approximate surface area is 98.7 Å². The van der Waals surface area contributed by atoms with Crippen molar-refractivity contribution in [3.8, 4) is 6.07 Å². The fraction of sp³-hybridized carbons (Fsp3) is 0.583. The third kappa shape index (κ3) is 1.30. The van der Waals surface area contributed by atoms with E-state index < -0.39 is 11.4 Å². The molecule has 17 heavy (non-hydrogen) atoms. The van der Waals surface area contributed by atoms with E-state index in [1.165, 1.54) is 0 Å². The molecule has 5 nitrogen and oxygen atoms in total. The molecule has 0 radical (unpaired) electrons. The highest BCUT2D eigenvalue weighted by Gasteiger charge is 2.55. The number of hydrogen-bond acceptors (Lipinski definition) is 3. The van der Waals surface area contributed by atoms with E-state index in [0.29, 0.717) is 24.4 Å². The van der Waals surface area contributed by atoms with Crippen LogP contribution in [0.1, 0.15) is 42.9 Å². The van der Waals surface area contributed by atoms with Crippen molar-refractivity contribution in [2.24, 2.45) is 0 Å². The maximum atomic E-state index is 11.3. The SMILES string of the molecule is N#Cc1nc(C2(C(=O)O)CC2)n2c1CCCC2. The van der Waals surface area contributed by atoms with Crippen LogP contribution in [0.3, 0.4) is 0 Å². The molecule has 0 unspecified atom stereocenters. The molecule has 1 aliphatic heterocycles. The lowest BCUT2D eigenvalue weighted by Crippen LogP contribution is -2.26. The van der Waals surface area contributed by atoms with Crippen molar-refractivity contribution in [1.29, 1.82) is 5.26 Å². The number of nitrogens with zero attached hydrogens (tertiary/aromatic N) is 3. The van der Waals surface area contributed by atoms with Crippen LogP contribution in [0.4, 0.5) is 0 Å². The first-order chi connectivity index (χ1) is 8.19. The van der Waals surface area contributed by atoms with Crippen LogP contribution in [0.15, 0.2) is 0 Å². The number of carboxylic acids is 1. The predicted octanol–water partition coefficient (Wildman–Crippen LogP) is 1.21. The fourth-order valence-corrected chi connectivity index (χ4v) is 2.66. The third-order valence-electron chi connectivity index (χ3n) is 3.81. The molecule has 0 atom stereocenters. The van der Waals surface area contributed by atoms with Crippen molar-refractivity contribution in [2.75, 3.05) is 0 Å². The zero-order chi connectivity index (χ0) is 12.0. The summed E-state index contributed by atoms with van der Waals surface area (Å²) in [6, 6.07) is 2.09. The lowest BCUT2D eigenvalue weighted by Gasteiger charge is -2.19. The summed E-state index contributed by atoms with van der Waals surface area (Å²) in [6.45, 7) is 0.800. The van der Waals surface area contributed by atoms with E-state index in [4.69, 9.17) is 5.26 Å². The largest absolute Gasteiger partial charge is 0.480 e. The summed E-state index contributed by atoms with van der Waals surface area (Å²) in [5.41, 5.74) is 0.551. The molecule has 3 rings (SSSR count). The molecule has 0 bridgehead atoms. The normalized spacial score (nSPS) is 20.4. The van der Waals surface area contributed by atoms with Gasteiger partial charge in [0.1, 0.15) is 17.3 Å². The molecule has 1 aromatic rings. The van der Waals surface area contributed by atoms with Gasteiger partial charge in [-0.3, -0.25) is 4.79 Å². The van der Waals surface area contributed by atoms with Gasteiger partial charge in [-0.15, -0.1) is 0 Å². The van der Waals surface area contributed by atoms with E-state index in [2.05, 4.69) is 11.1 Å². The summed E-state index contributed by atoms with van der Waals surface area (Å²) < 4.78 is 1.98. The molecule has 2 aliphatic rings. The third-order valence-corrected chi connectivity index (χ3v) is 3.81. The second kappa shape index (κ2) is 3.33. The fourth-order valence-electron chi connectivity index (χ4n) is 2.66. The molecule has 1 aliphatic carbocycles. The average molecular weight is 231 g/mol. The number of aromatic nitrogens is 2. The van der Waals surface area contributed by atoms with E-state index in [0.717, 1.165) is 31.5 Å². The zero-order valence-corrected chi connectivity index (χ0v) is 9.44. The van der Waals surface area contributed by atoms with Crippen LogP contribution < -0.4 is 0 Å². The van der Waals surface area contributed by atoms with Crippen LogP contribution in [0, 0.1) is 11.3 Å². The minimum atomic E-state index is -0.805. The van der Waals surface area contributed by atoms with E-state index in [9.17, 15) is 9.90 Å². The molecule has 0 spiro atoms. The van der Waals surface area contributed by atoms with Gasteiger partial charge < -0.3 is 9.67 Å².